The van der Waals surface area contributed by atoms with Gasteiger partial charge >= 0.3 is 0 Å². The molecule has 318 valence electrons. The molecule has 1 unspecified atom stereocenters. The molecule has 1 aliphatic rings. The van der Waals surface area contributed by atoms with Gasteiger partial charge in [-0.15, -0.1) is 11.3 Å². The second-order valence-electron chi connectivity index (χ2n) is 16.7. The minimum absolute atomic E-state index is 0.0180. The van der Waals surface area contributed by atoms with Crippen molar-refractivity contribution in [2.75, 3.05) is 45.2 Å². The van der Waals surface area contributed by atoms with Crippen LogP contribution in [0.5, 0.6) is 5.75 Å². The number of para-hydroxylation sites is 1. The summed E-state index contributed by atoms with van der Waals surface area (Å²) in [5.74, 6) is -0.271. The lowest BCUT2D eigenvalue weighted by Crippen LogP contribution is -2.57. The van der Waals surface area contributed by atoms with E-state index in [0.717, 1.165) is 65.6 Å². The number of aryl methyl sites for hydroxylation is 1. The van der Waals surface area contributed by atoms with E-state index in [9.17, 15) is 19.5 Å². The Kier molecular flexibility index (Phi) is 16.4. The molecule has 5 N–H and O–H groups in total. The topological polar surface area (TPSA) is 148 Å². The number of hydrogen-bond acceptors (Lipinski definition) is 10. The zero-order chi connectivity index (χ0) is 42.5. The molecule has 4 aromatic rings. The van der Waals surface area contributed by atoms with Crippen molar-refractivity contribution in [3.05, 3.63) is 101 Å². The first kappa shape index (κ1) is 45.3. The molecule has 0 saturated carbocycles. The molecule has 12 nitrogen and oxygen atoms in total. The summed E-state index contributed by atoms with van der Waals surface area (Å²) < 4.78 is 5.92. The number of benzene rings is 3. The summed E-state index contributed by atoms with van der Waals surface area (Å²) in [6, 6.07) is 22.3. The molecular formula is C46H63N7O5S. The number of aliphatic hydroxyl groups is 1. The number of likely N-dealkylation sites (tertiary alicyclic amines) is 1. The Morgan fingerprint density at radius 2 is 1.64 bits per heavy atom. The molecule has 1 fully saturated rings. The molecule has 0 radical (unpaired) electrons. The maximum absolute atomic E-state index is 14.0. The second-order valence-corrected chi connectivity index (χ2v) is 17.6. The van der Waals surface area contributed by atoms with Crippen molar-refractivity contribution in [3.8, 4) is 16.2 Å². The maximum Gasteiger partial charge on any atom is 0.246 e. The van der Waals surface area contributed by atoms with Gasteiger partial charge in [-0.25, -0.2) is 4.98 Å². The Labute approximate surface area is 354 Å². The number of aromatic nitrogens is 1. The third-order valence-electron chi connectivity index (χ3n) is 10.6. The van der Waals surface area contributed by atoms with Crippen LogP contribution in [0, 0.1) is 12.3 Å². The maximum atomic E-state index is 14.0. The third kappa shape index (κ3) is 13.1. The van der Waals surface area contributed by atoms with E-state index in [1.54, 1.807) is 11.3 Å². The van der Waals surface area contributed by atoms with E-state index >= 15 is 0 Å². The van der Waals surface area contributed by atoms with Crippen LogP contribution in [0.1, 0.15) is 81.8 Å². The van der Waals surface area contributed by atoms with Crippen LogP contribution in [0.4, 0.5) is 5.69 Å². The summed E-state index contributed by atoms with van der Waals surface area (Å²) in [6.07, 6.45) is 0.933. The molecule has 1 aromatic heterocycles. The van der Waals surface area contributed by atoms with Crippen LogP contribution in [-0.4, -0.2) is 91.2 Å². The van der Waals surface area contributed by atoms with Gasteiger partial charge in [0.2, 0.25) is 17.7 Å². The third-order valence-corrected chi connectivity index (χ3v) is 11.6. The van der Waals surface area contributed by atoms with Crippen LogP contribution >= 0.6 is 11.3 Å². The average Bonchev–Trinajstić information content (AvgIpc) is 3.83. The van der Waals surface area contributed by atoms with Gasteiger partial charge in [0, 0.05) is 52.3 Å². The van der Waals surface area contributed by atoms with Gasteiger partial charge in [-0.3, -0.25) is 14.4 Å². The van der Waals surface area contributed by atoms with Gasteiger partial charge in [0.05, 0.1) is 34.8 Å². The normalized spacial score (nSPS) is 16.4. The molecule has 3 aromatic carbocycles. The molecule has 0 spiro atoms. The summed E-state index contributed by atoms with van der Waals surface area (Å²) in [4.78, 5) is 49.8. The van der Waals surface area contributed by atoms with Crippen molar-refractivity contribution in [1.29, 1.82) is 0 Å². The number of amides is 3. The first-order valence-electron chi connectivity index (χ1n) is 20.7. The minimum atomic E-state index is -0.889. The lowest BCUT2D eigenvalue weighted by Gasteiger charge is -2.35. The van der Waals surface area contributed by atoms with Crippen molar-refractivity contribution < 1.29 is 24.2 Å². The van der Waals surface area contributed by atoms with E-state index in [1.165, 1.54) is 16.2 Å². The number of nitrogens with zero attached hydrogens (tertiary/aromatic N) is 3. The number of ether oxygens (including phenoxy) is 1. The summed E-state index contributed by atoms with van der Waals surface area (Å²) in [6.45, 7) is 13.3. The number of anilines is 1. The van der Waals surface area contributed by atoms with E-state index in [4.69, 9.17) is 4.74 Å². The van der Waals surface area contributed by atoms with Crippen LogP contribution in [0.25, 0.3) is 10.4 Å². The van der Waals surface area contributed by atoms with Gasteiger partial charge in [0.25, 0.3) is 0 Å². The minimum Gasteiger partial charge on any atom is -0.494 e. The molecule has 4 atom stereocenters. The highest BCUT2D eigenvalue weighted by molar-refractivity contribution is 7.13. The second kappa shape index (κ2) is 21.4. The number of nitrogens with one attached hydrogen (secondary N) is 4. The van der Waals surface area contributed by atoms with Crippen molar-refractivity contribution in [2.45, 2.75) is 97.6 Å². The largest absolute Gasteiger partial charge is 0.494 e. The van der Waals surface area contributed by atoms with Gasteiger partial charge in [-0.1, -0.05) is 75.4 Å². The van der Waals surface area contributed by atoms with E-state index in [-0.39, 0.29) is 43.1 Å². The summed E-state index contributed by atoms with van der Waals surface area (Å²) >= 11 is 1.59. The molecule has 0 bridgehead atoms. The van der Waals surface area contributed by atoms with Gasteiger partial charge in [-0.05, 0) is 85.6 Å². The molecule has 13 heteroatoms. The fourth-order valence-corrected chi connectivity index (χ4v) is 8.08. The van der Waals surface area contributed by atoms with Crippen LogP contribution in [0.3, 0.4) is 0 Å². The number of rotatable bonds is 20. The molecule has 1 saturated heterocycles. The van der Waals surface area contributed by atoms with E-state index in [0.29, 0.717) is 13.0 Å². The van der Waals surface area contributed by atoms with Crippen LogP contribution < -0.4 is 30.9 Å². The van der Waals surface area contributed by atoms with Gasteiger partial charge in [0.1, 0.15) is 17.8 Å². The predicted molar refractivity (Wildman–Crippen MR) is 236 cm³/mol. The number of carbonyl (C=O) groups is 3. The van der Waals surface area contributed by atoms with Gasteiger partial charge < -0.3 is 40.9 Å². The van der Waals surface area contributed by atoms with E-state index in [2.05, 4.69) is 69.5 Å². The molecule has 5 rings (SSSR count). The standard InChI is InChI=1S/C46H63N7O5S/c1-31(34-17-19-35(20-18-34)42-32(2)49-30-59-42)50-44(56)40-26-37(54)29-53(40)45(57)43(46(3,4)5)51-41(55)14-10-25-58-38-21-15-33(16-22-38)27-47-23-11-24-48-28-36-12-8-9-13-39(36)52(6)7/h8-9,12-13,15-22,30-31,37,40,43,47-48,54H,10-11,14,23-29H2,1-7H3,(H,50,56)(H,51,55)/t31-,37+,40-,43?/m0/s1. The summed E-state index contributed by atoms with van der Waals surface area (Å²) in [7, 11) is 4.13. The fraction of sp³-hybridized carbons (Fsp3) is 0.478. The van der Waals surface area contributed by atoms with Crippen LogP contribution in [0.15, 0.2) is 78.3 Å². The number of thiazole rings is 1. The average molecular weight is 826 g/mol. The Bertz CT molecular complexity index is 1960. The monoisotopic (exact) mass is 825 g/mol. The molecular weight excluding hydrogens is 763 g/mol. The van der Waals surface area contributed by atoms with Crippen molar-refractivity contribution in [3.63, 3.8) is 0 Å². The molecule has 59 heavy (non-hydrogen) atoms. The van der Waals surface area contributed by atoms with Crippen molar-refractivity contribution in [2.24, 2.45) is 5.41 Å². The number of β-amino-alcohol motifs (C(OH)–C–C–N with tert-alkyl or cyclic N) is 1. The fourth-order valence-electron chi connectivity index (χ4n) is 7.27. The molecule has 0 aliphatic carbocycles. The Balaban J connectivity index is 1.02. The summed E-state index contributed by atoms with van der Waals surface area (Å²) in [5, 5.41) is 23.6. The highest BCUT2D eigenvalue weighted by Crippen LogP contribution is 2.30. The lowest BCUT2D eigenvalue weighted by atomic mass is 9.85. The predicted octanol–water partition coefficient (Wildman–Crippen LogP) is 5.98. The van der Waals surface area contributed by atoms with Gasteiger partial charge in [0.15, 0.2) is 0 Å². The molecule has 1 aliphatic heterocycles. The number of aliphatic hydroxyl groups excluding tert-OH is 1. The summed E-state index contributed by atoms with van der Waals surface area (Å²) in [5.41, 5.74) is 7.83. The number of hydrogen-bond donors (Lipinski definition) is 5. The lowest BCUT2D eigenvalue weighted by molar-refractivity contribution is -0.144. The molecule has 3 amide bonds. The molecule has 2 heterocycles. The Hall–Kier alpha value is -4.82. The zero-order valence-electron chi connectivity index (χ0n) is 35.7. The van der Waals surface area contributed by atoms with E-state index in [1.807, 2.05) is 88.7 Å². The Morgan fingerprint density at radius 1 is 0.949 bits per heavy atom. The number of carbonyl (C=O) groups excluding carboxylic acids is 3. The smallest absolute Gasteiger partial charge is 0.246 e. The van der Waals surface area contributed by atoms with E-state index < -0.39 is 23.6 Å². The quantitative estimate of drug-likeness (QED) is 0.0679. The SMILES string of the molecule is Cc1ncsc1-c1ccc([C@H](C)NC(=O)[C@@H]2C[C@@H](O)CN2C(=O)C(NC(=O)CCCOc2ccc(CNCCCNCc3ccccc3N(C)C)cc2)C(C)(C)C)cc1. The first-order valence-corrected chi connectivity index (χ1v) is 21.6. The van der Waals surface area contributed by atoms with Crippen molar-refractivity contribution in [1.82, 2.24) is 31.2 Å². The Morgan fingerprint density at radius 3 is 2.31 bits per heavy atom. The van der Waals surface area contributed by atoms with Crippen LogP contribution in [-0.2, 0) is 27.5 Å². The first-order chi connectivity index (χ1) is 28.2. The highest BCUT2D eigenvalue weighted by atomic mass is 32.1. The van der Waals surface area contributed by atoms with Crippen LogP contribution in [0.2, 0.25) is 0 Å². The van der Waals surface area contributed by atoms with Crippen molar-refractivity contribution >= 4 is 34.7 Å². The highest BCUT2D eigenvalue weighted by Gasteiger charge is 2.44. The van der Waals surface area contributed by atoms with Gasteiger partial charge in [-0.2, -0.15) is 0 Å². The zero-order valence-corrected chi connectivity index (χ0v) is 36.5.